The lowest BCUT2D eigenvalue weighted by Gasteiger charge is -2.58. The van der Waals surface area contributed by atoms with Gasteiger partial charge in [-0.1, -0.05) is 23.2 Å². The Morgan fingerprint density at radius 2 is 1.71 bits per heavy atom. The van der Waals surface area contributed by atoms with Crippen molar-refractivity contribution in [1.29, 1.82) is 0 Å². The van der Waals surface area contributed by atoms with Crippen molar-refractivity contribution in [3.05, 3.63) is 39.5 Å². The number of amides is 2. The number of benzene rings is 1. The van der Waals surface area contributed by atoms with Gasteiger partial charge in [0.2, 0.25) is 11.8 Å². The molecule has 0 radical (unpaired) electrons. The molecule has 0 aromatic heterocycles. The zero-order valence-electron chi connectivity index (χ0n) is 20.4. The molecular formula is C24H27Cl2F3N4O4S. The monoisotopic (exact) mass is 594 g/mol. The van der Waals surface area contributed by atoms with Crippen LogP contribution in [0.1, 0.15) is 44.6 Å². The first-order valence-corrected chi connectivity index (χ1v) is 14.4. The zero-order chi connectivity index (χ0) is 27.8. The van der Waals surface area contributed by atoms with Gasteiger partial charge in [-0.25, -0.2) is 4.31 Å². The van der Waals surface area contributed by atoms with Gasteiger partial charge < -0.3 is 11.1 Å². The van der Waals surface area contributed by atoms with E-state index in [0.29, 0.717) is 40.8 Å². The topological polar surface area (TPSA) is 113 Å². The molecule has 14 heteroatoms. The van der Waals surface area contributed by atoms with Crippen LogP contribution in [0.15, 0.2) is 23.9 Å². The maximum atomic E-state index is 13.5. The average molecular weight is 595 g/mol. The Labute approximate surface area is 228 Å². The van der Waals surface area contributed by atoms with Crippen LogP contribution in [0.4, 0.5) is 18.9 Å². The Kier molecular flexibility index (Phi) is 6.72. The third kappa shape index (κ3) is 4.67. The van der Waals surface area contributed by atoms with Crippen LogP contribution in [0.25, 0.3) is 0 Å². The Bertz CT molecular complexity index is 1300. The van der Waals surface area contributed by atoms with Gasteiger partial charge in [-0.05, 0) is 74.5 Å². The van der Waals surface area contributed by atoms with E-state index >= 15 is 0 Å². The maximum Gasteiger partial charge on any atom is 0.416 e. The number of anilines is 1. The van der Waals surface area contributed by atoms with E-state index in [1.54, 1.807) is 6.92 Å². The Hall–Kier alpha value is -2.02. The normalized spacial score (nSPS) is 32.3. The van der Waals surface area contributed by atoms with Crippen molar-refractivity contribution in [3.8, 4) is 0 Å². The first-order valence-electron chi connectivity index (χ1n) is 12.2. The van der Waals surface area contributed by atoms with E-state index in [2.05, 4.69) is 5.32 Å². The van der Waals surface area contributed by atoms with Gasteiger partial charge in [-0.2, -0.15) is 25.9 Å². The highest BCUT2D eigenvalue weighted by Gasteiger charge is 2.58. The number of nitrogens with one attached hydrogen (secondary N) is 1. The van der Waals surface area contributed by atoms with Gasteiger partial charge in [-0.15, -0.1) is 0 Å². The molecule has 6 rings (SSSR count). The number of hydrogen-bond acceptors (Lipinski definition) is 4. The summed E-state index contributed by atoms with van der Waals surface area (Å²) in [7, 11) is -4.40. The molecule has 0 spiro atoms. The molecule has 4 bridgehead atoms. The summed E-state index contributed by atoms with van der Waals surface area (Å²) >= 11 is 12.2. The third-order valence-corrected chi connectivity index (χ3v) is 10.6. The smallest absolute Gasteiger partial charge is 0.369 e. The number of primary amides is 1. The molecule has 1 heterocycles. The Morgan fingerprint density at radius 1 is 1.13 bits per heavy atom. The van der Waals surface area contributed by atoms with E-state index in [4.69, 9.17) is 28.9 Å². The second-order valence-electron chi connectivity index (χ2n) is 11.0. The molecule has 5 atom stereocenters. The van der Waals surface area contributed by atoms with Crippen LogP contribution in [0.2, 0.25) is 10.0 Å². The summed E-state index contributed by atoms with van der Waals surface area (Å²) in [6.45, 7) is 1.03. The summed E-state index contributed by atoms with van der Waals surface area (Å²) in [5.41, 5.74) is 4.30. The van der Waals surface area contributed by atoms with E-state index in [9.17, 15) is 31.2 Å². The minimum absolute atomic E-state index is 0.0908. The Balaban J connectivity index is 1.34. The zero-order valence-corrected chi connectivity index (χ0v) is 22.7. The first-order chi connectivity index (χ1) is 17.6. The van der Waals surface area contributed by atoms with E-state index in [1.807, 2.05) is 0 Å². The van der Waals surface area contributed by atoms with Crippen LogP contribution in [0, 0.1) is 23.2 Å². The van der Waals surface area contributed by atoms with Crippen molar-refractivity contribution in [1.82, 2.24) is 9.62 Å². The second-order valence-corrected chi connectivity index (χ2v) is 13.7. The molecule has 4 aliphatic carbocycles. The van der Waals surface area contributed by atoms with Crippen molar-refractivity contribution in [2.24, 2.45) is 28.9 Å². The lowest BCUT2D eigenvalue weighted by molar-refractivity contribution is -0.147. The number of nitrogens with two attached hydrogens (primary N) is 1. The summed E-state index contributed by atoms with van der Waals surface area (Å²) < 4.78 is 68.1. The number of carbonyl (C=O) groups excluding carboxylic acids is 2. The van der Waals surface area contributed by atoms with Crippen molar-refractivity contribution in [3.63, 3.8) is 0 Å². The molecule has 5 aliphatic rings. The fourth-order valence-corrected chi connectivity index (χ4v) is 9.41. The lowest BCUT2D eigenvalue weighted by atomic mass is 9.47. The molecule has 1 aromatic rings. The van der Waals surface area contributed by atoms with Crippen molar-refractivity contribution in [2.45, 2.75) is 51.2 Å². The highest BCUT2D eigenvalue weighted by atomic mass is 35.5. The van der Waals surface area contributed by atoms with Crippen LogP contribution in [0.5, 0.6) is 0 Å². The van der Waals surface area contributed by atoms with Gasteiger partial charge in [0.15, 0.2) is 0 Å². The van der Waals surface area contributed by atoms with Gasteiger partial charge in [0.25, 0.3) is 0 Å². The van der Waals surface area contributed by atoms with Crippen LogP contribution in [0.3, 0.4) is 0 Å². The highest BCUT2D eigenvalue weighted by molar-refractivity contribution is 7.90. The number of rotatable bonds is 5. The summed E-state index contributed by atoms with van der Waals surface area (Å²) in [5, 5.41) is 2.01. The SMILES string of the molecule is CC1=CN(c2c(Cl)cc(C(F)(F)F)cc2Cl)S(=O)(=O)N(CC(=O)NC2[C@@H]3CC4C[C@H]2CC(C(N)=O)(C4)C3)C1. The largest absolute Gasteiger partial charge is 0.416 e. The van der Waals surface area contributed by atoms with Crippen LogP contribution < -0.4 is 15.4 Å². The molecule has 8 nitrogen and oxygen atoms in total. The predicted molar refractivity (Wildman–Crippen MR) is 135 cm³/mol. The highest BCUT2D eigenvalue weighted by Crippen LogP contribution is 2.60. The molecular weight excluding hydrogens is 568 g/mol. The average Bonchev–Trinajstić information content (AvgIpc) is 2.78. The summed E-state index contributed by atoms with van der Waals surface area (Å²) in [5.74, 6) is -0.199. The Morgan fingerprint density at radius 3 is 2.24 bits per heavy atom. The summed E-state index contributed by atoms with van der Waals surface area (Å²) in [4.78, 5) is 25.3. The molecule has 2 amide bonds. The predicted octanol–water partition coefficient (Wildman–Crippen LogP) is 4.08. The summed E-state index contributed by atoms with van der Waals surface area (Å²) in [6.07, 6.45) is 0.297. The van der Waals surface area contributed by atoms with Crippen LogP contribution >= 0.6 is 23.2 Å². The minimum atomic E-state index is -4.72. The minimum Gasteiger partial charge on any atom is -0.369 e. The lowest BCUT2D eigenvalue weighted by Crippen LogP contribution is -2.62. The van der Waals surface area contributed by atoms with Crippen molar-refractivity contribution < 1.29 is 31.2 Å². The maximum absolute atomic E-state index is 13.5. The fourth-order valence-electron chi connectivity index (χ4n) is 7.00. The van der Waals surface area contributed by atoms with Gasteiger partial charge in [0.05, 0.1) is 27.8 Å². The number of halogens is 5. The van der Waals surface area contributed by atoms with Crippen LogP contribution in [-0.2, 0) is 26.0 Å². The number of nitrogens with zero attached hydrogens (tertiary/aromatic N) is 2. The van der Waals surface area contributed by atoms with Crippen molar-refractivity contribution in [2.75, 3.05) is 17.4 Å². The van der Waals surface area contributed by atoms with Gasteiger partial charge in [-0.3, -0.25) is 9.59 Å². The molecule has 1 aliphatic heterocycles. The van der Waals surface area contributed by atoms with E-state index in [1.165, 1.54) is 6.20 Å². The molecule has 0 saturated heterocycles. The van der Waals surface area contributed by atoms with E-state index in [0.717, 1.165) is 23.6 Å². The molecule has 3 unspecified atom stereocenters. The van der Waals surface area contributed by atoms with E-state index < -0.39 is 49.9 Å². The van der Waals surface area contributed by atoms with Gasteiger partial charge >= 0.3 is 16.4 Å². The van der Waals surface area contributed by atoms with Gasteiger partial charge in [0.1, 0.15) is 0 Å². The number of alkyl halides is 3. The van der Waals surface area contributed by atoms with Crippen molar-refractivity contribution >= 4 is 50.9 Å². The quantitative estimate of drug-likeness (QED) is 0.535. The summed E-state index contributed by atoms with van der Waals surface area (Å²) in [6, 6.07) is 1.04. The second kappa shape index (κ2) is 9.28. The van der Waals surface area contributed by atoms with Gasteiger partial charge in [0, 0.05) is 24.2 Å². The van der Waals surface area contributed by atoms with E-state index in [-0.39, 0.29) is 36.0 Å². The standard InChI is InChI=1S/C24H27Cl2F3N4O4S/c1-12-9-32(38(36,37)33(10-12)21-17(25)4-16(5-18(21)26)24(27,28)29)11-19(34)31-20-14-2-13-3-15(20)8-23(6-13,7-14)22(30)35/h4-5,10,13-15,20H,2-3,6-9,11H2,1H3,(H2,30,35)(H,31,34)/t13?,14-,15+,20?,23?. The van der Waals surface area contributed by atoms with Crippen LogP contribution in [-0.4, -0.2) is 43.7 Å². The molecule has 38 heavy (non-hydrogen) atoms. The fraction of sp³-hybridized carbons (Fsp3) is 0.583. The molecule has 3 N–H and O–H groups in total. The molecule has 1 aromatic carbocycles. The molecule has 208 valence electrons. The molecule has 4 fully saturated rings. The number of carbonyl (C=O) groups is 2. The third-order valence-electron chi connectivity index (χ3n) is 8.35. The molecule has 4 saturated carbocycles. The first kappa shape index (κ1) is 27.5. The number of hydrogen-bond donors (Lipinski definition) is 2.